The highest BCUT2D eigenvalue weighted by Crippen LogP contribution is 2.41. The molecule has 3 rings (SSSR count). The van der Waals surface area contributed by atoms with Crippen molar-refractivity contribution in [2.75, 3.05) is 6.54 Å². The molecule has 1 fully saturated rings. The number of benzene rings is 1. The molecule has 0 spiro atoms. The van der Waals surface area contributed by atoms with Crippen LogP contribution in [0.4, 0.5) is 0 Å². The average molecular weight is 338 g/mol. The van der Waals surface area contributed by atoms with Crippen LogP contribution < -0.4 is 0 Å². The minimum Gasteiger partial charge on any atom is -0.480 e. The lowest BCUT2D eigenvalue weighted by molar-refractivity contribution is -0.144. The van der Waals surface area contributed by atoms with Crippen molar-refractivity contribution in [2.45, 2.75) is 30.7 Å². The lowest BCUT2D eigenvalue weighted by Crippen LogP contribution is -2.47. The molecule has 6 heteroatoms. The van der Waals surface area contributed by atoms with Crippen molar-refractivity contribution in [3.63, 3.8) is 0 Å². The van der Waals surface area contributed by atoms with E-state index in [1.165, 1.54) is 11.8 Å². The number of halogens is 1. The SMILES string of the molecule is CC1C2=CC(=O)SC2CCN1[C@@H](C(=O)O)c1ccccc1Cl. The molecule has 2 aliphatic heterocycles. The van der Waals surface area contributed by atoms with Crippen molar-refractivity contribution >= 4 is 34.4 Å². The van der Waals surface area contributed by atoms with E-state index < -0.39 is 12.0 Å². The molecule has 3 atom stereocenters. The van der Waals surface area contributed by atoms with Gasteiger partial charge in [0.25, 0.3) is 0 Å². The smallest absolute Gasteiger partial charge is 0.325 e. The molecule has 0 saturated carbocycles. The van der Waals surface area contributed by atoms with Gasteiger partial charge in [-0.05, 0) is 36.6 Å². The Hall–Kier alpha value is -1.30. The zero-order valence-electron chi connectivity index (χ0n) is 12.0. The van der Waals surface area contributed by atoms with Gasteiger partial charge in [-0.3, -0.25) is 14.5 Å². The van der Waals surface area contributed by atoms with E-state index in [1.807, 2.05) is 11.8 Å². The molecule has 2 unspecified atom stereocenters. The van der Waals surface area contributed by atoms with E-state index >= 15 is 0 Å². The number of carboxylic acid groups (broad SMARTS) is 1. The second-order valence-corrected chi connectivity index (χ2v) is 7.15. The van der Waals surface area contributed by atoms with Gasteiger partial charge in [0.1, 0.15) is 6.04 Å². The number of carbonyl (C=O) groups is 2. The number of likely N-dealkylation sites (tertiary alicyclic amines) is 1. The van der Waals surface area contributed by atoms with Crippen molar-refractivity contribution in [3.05, 3.63) is 46.5 Å². The summed E-state index contributed by atoms with van der Waals surface area (Å²) in [4.78, 5) is 25.4. The Kier molecular flexibility index (Phi) is 4.30. The van der Waals surface area contributed by atoms with Gasteiger partial charge in [0.05, 0.1) is 0 Å². The van der Waals surface area contributed by atoms with Gasteiger partial charge in [0, 0.05) is 22.9 Å². The van der Waals surface area contributed by atoms with E-state index in [2.05, 4.69) is 0 Å². The number of rotatable bonds is 3. The number of thioether (sulfide) groups is 1. The van der Waals surface area contributed by atoms with E-state index in [-0.39, 0.29) is 16.4 Å². The van der Waals surface area contributed by atoms with Crippen LogP contribution in [0.15, 0.2) is 35.9 Å². The molecule has 0 bridgehead atoms. The summed E-state index contributed by atoms with van der Waals surface area (Å²) in [7, 11) is 0. The second kappa shape index (κ2) is 6.07. The monoisotopic (exact) mass is 337 g/mol. The molecule has 1 aromatic carbocycles. The van der Waals surface area contributed by atoms with Crippen LogP contribution in [0.5, 0.6) is 0 Å². The zero-order chi connectivity index (χ0) is 15.9. The molecular formula is C16H16ClNO3S. The van der Waals surface area contributed by atoms with Crippen LogP contribution in [0.2, 0.25) is 5.02 Å². The van der Waals surface area contributed by atoms with Crippen LogP contribution in [0.25, 0.3) is 0 Å². The van der Waals surface area contributed by atoms with Crippen LogP contribution in [0, 0.1) is 0 Å². The highest BCUT2D eigenvalue weighted by atomic mass is 35.5. The lowest BCUT2D eigenvalue weighted by atomic mass is 9.92. The Labute approximate surface area is 138 Å². The molecule has 0 aliphatic carbocycles. The molecule has 4 nitrogen and oxygen atoms in total. The van der Waals surface area contributed by atoms with Gasteiger partial charge in [-0.25, -0.2) is 0 Å². The lowest BCUT2D eigenvalue weighted by Gasteiger charge is -2.41. The van der Waals surface area contributed by atoms with Crippen molar-refractivity contribution in [1.82, 2.24) is 4.90 Å². The van der Waals surface area contributed by atoms with Gasteiger partial charge in [-0.15, -0.1) is 0 Å². The topological polar surface area (TPSA) is 57.6 Å². The van der Waals surface area contributed by atoms with Crippen molar-refractivity contribution in [2.24, 2.45) is 0 Å². The van der Waals surface area contributed by atoms with E-state index in [4.69, 9.17) is 11.6 Å². The molecular weight excluding hydrogens is 322 g/mol. The van der Waals surface area contributed by atoms with E-state index in [9.17, 15) is 14.7 Å². The number of aliphatic carboxylic acids is 1. The maximum Gasteiger partial charge on any atom is 0.325 e. The summed E-state index contributed by atoms with van der Waals surface area (Å²) in [5, 5.41) is 10.4. The maximum atomic E-state index is 11.9. The summed E-state index contributed by atoms with van der Waals surface area (Å²) < 4.78 is 0. The average Bonchev–Trinajstić information content (AvgIpc) is 2.85. The highest BCUT2D eigenvalue weighted by Gasteiger charge is 2.41. The Balaban J connectivity index is 1.96. The first-order valence-electron chi connectivity index (χ1n) is 7.14. The van der Waals surface area contributed by atoms with Crippen LogP contribution in [0.3, 0.4) is 0 Å². The molecule has 2 aliphatic rings. The Morgan fingerprint density at radius 2 is 2.18 bits per heavy atom. The molecule has 22 heavy (non-hydrogen) atoms. The summed E-state index contributed by atoms with van der Waals surface area (Å²) in [6, 6.07) is 6.15. The second-order valence-electron chi connectivity index (χ2n) is 5.53. The minimum atomic E-state index is -0.920. The normalized spacial score (nSPS) is 26.5. The quantitative estimate of drug-likeness (QED) is 0.918. The van der Waals surface area contributed by atoms with Gasteiger partial charge >= 0.3 is 5.97 Å². The van der Waals surface area contributed by atoms with Gasteiger partial charge < -0.3 is 5.11 Å². The Morgan fingerprint density at radius 1 is 1.45 bits per heavy atom. The minimum absolute atomic E-state index is 0.0679. The predicted molar refractivity (Wildman–Crippen MR) is 87.1 cm³/mol. The number of nitrogens with zero attached hydrogens (tertiary/aromatic N) is 1. The van der Waals surface area contributed by atoms with Gasteiger partial charge in [-0.1, -0.05) is 41.6 Å². The molecule has 0 radical (unpaired) electrons. The first-order chi connectivity index (χ1) is 10.5. The molecule has 0 aromatic heterocycles. The number of carboxylic acids is 1. The third-order valence-electron chi connectivity index (χ3n) is 4.31. The number of piperidine rings is 1. The van der Waals surface area contributed by atoms with E-state index in [1.54, 1.807) is 30.3 Å². The molecule has 1 aromatic rings. The summed E-state index contributed by atoms with van der Waals surface area (Å²) in [6.45, 7) is 2.59. The molecule has 1 N–H and O–H groups in total. The Bertz CT molecular complexity index is 661. The summed E-state index contributed by atoms with van der Waals surface area (Å²) >= 11 is 7.54. The number of carbonyl (C=O) groups excluding carboxylic acids is 1. The van der Waals surface area contributed by atoms with Crippen LogP contribution >= 0.6 is 23.4 Å². The van der Waals surface area contributed by atoms with Crippen molar-refractivity contribution in [3.8, 4) is 0 Å². The zero-order valence-corrected chi connectivity index (χ0v) is 13.6. The molecule has 1 saturated heterocycles. The maximum absolute atomic E-state index is 11.9. The summed E-state index contributed by atoms with van der Waals surface area (Å²) in [6.07, 6.45) is 2.44. The molecule has 0 amide bonds. The fraction of sp³-hybridized carbons (Fsp3) is 0.375. The van der Waals surface area contributed by atoms with Crippen LogP contribution in [0.1, 0.15) is 24.9 Å². The van der Waals surface area contributed by atoms with Crippen molar-refractivity contribution in [1.29, 1.82) is 0 Å². The predicted octanol–water partition coefficient (Wildman–Crippen LogP) is 3.13. The highest BCUT2D eigenvalue weighted by molar-refractivity contribution is 8.15. The standard InChI is InChI=1S/C16H16ClNO3S/c1-9-11-8-14(19)22-13(11)6-7-18(9)15(16(20)21)10-4-2-3-5-12(10)17/h2-5,8-9,13,15H,6-7H2,1H3,(H,20,21)/t9?,13?,15-/m1/s1. The van der Waals surface area contributed by atoms with Crippen LogP contribution in [-0.2, 0) is 9.59 Å². The van der Waals surface area contributed by atoms with Gasteiger partial charge in [0.2, 0.25) is 5.12 Å². The first kappa shape index (κ1) is 15.6. The Morgan fingerprint density at radius 3 is 2.86 bits per heavy atom. The fourth-order valence-corrected chi connectivity index (χ4v) is 4.59. The summed E-state index contributed by atoms with van der Waals surface area (Å²) in [5.74, 6) is -0.920. The third kappa shape index (κ3) is 2.69. The molecule has 116 valence electrons. The summed E-state index contributed by atoms with van der Waals surface area (Å²) in [5.41, 5.74) is 1.62. The number of hydrogen-bond donors (Lipinski definition) is 1. The van der Waals surface area contributed by atoms with Crippen molar-refractivity contribution < 1.29 is 14.7 Å². The first-order valence-corrected chi connectivity index (χ1v) is 8.40. The van der Waals surface area contributed by atoms with Crippen LogP contribution in [-0.4, -0.2) is 38.9 Å². The third-order valence-corrected chi connectivity index (χ3v) is 5.80. The number of fused-ring (bicyclic) bond motifs is 1. The molecule has 2 heterocycles. The fourth-order valence-electron chi connectivity index (χ4n) is 3.24. The van der Waals surface area contributed by atoms with Gasteiger partial charge in [0.15, 0.2) is 0 Å². The largest absolute Gasteiger partial charge is 0.480 e. The van der Waals surface area contributed by atoms with E-state index in [0.29, 0.717) is 17.1 Å². The number of hydrogen-bond acceptors (Lipinski definition) is 4. The van der Waals surface area contributed by atoms with Gasteiger partial charge in [-0.2, -0.15) is 0 Å². The van der Waals surface area contributed by atoms with E-state index in [0.717, 1.165) is 12.0 Å².